The van der Waals surface area contributed by atoms with Crippen LogP contribution in [0.3, 0.4) is 0 Å². The first kappa shape index (κ1) is 13.3. The van der Waals surface area contributed by atoms with Crippen molar-refractivity contribution in [2.75, 3.05) is 45.8 Å². The van der Waals surface area contributed by atoms with Crippen LogP contribution < -0.4 is 5.32 Å². The third-order valence-electron chi connectivity index (χ3n) is 4.29. The van der Waals surface area contributed by atoms with Crippen LogP contribution in [0.5, 0.6) is 0 Å². The van der Waals surface area contributed by atoms with Gasteiger partial charge in [0.05, 0.1) is 0 Å². The molecule has 0 aromatic rings. The molecular weight excluding hydrogens is 210 g/mol. The Morgan fingerprint density at radius 1 is 1.18 bits per heavy atom. The van der Waals surface area contributed by atoms with Crippen molar-refractivity contribution in [3.63, 3.8) is 0 Å². The van der Waals surface area contributed by atoms with Gasteiger partial charge in [-0.1, -0.05) is 20.8 Å². The average Bonchev–Trinajstić information content (AvgIpc) is 2.30. The molecule has 0 saturated carbocycles. The number of rotatable bonds is 3. The Bertz CT molecular complexity index is 222. The number of piperazine rings is 1. The second kappa shape index (κ2) is 6.17. The van der Waals surface area contributed by atoms with Gasteiger partial charge < -0.3 is 10.2 Å². The van der Waals surface area contributed by atoms with Crippen LogP contribution in [0.4, 0.5) is 0 Å². The molecule has 0 bridgehead atoms. The molecule has 2 aliphatic rings. The largest absolute Gasteiger partial charge is 0.315 e. The van der Waals surface area contributed by atoms with Crippen LogP contribution in [0, 0.1) is 11.8 Å². The monoisotopic (exact) mass is 239 g/mol. The van der Waals surface area contributed by atoms with Gasteiger partial charge in [0.25, 0.3) is 0 Å². The molecule has 0 spiro atoms. The third-order valence-corrected chi connectivity index (χ3v) is 4.29. The molecule has 0 aromatic heterocycles. The summed E-state index contributed by atoms with van der Waals surface area (Å²) in [5.41, 5.74) is 0. The Kier molecular flexibility index (Phi) is 4.83. The standard InChI is InChI=1S/C14H29N3/c1-12(2)11-16-6-8-17(9-7-16)14-10-15-5-4-13(14)3/h12-15H,4-11H2,1-3H3. The van der Waals surface area contributed by atoms with Gasteiger partial charge in [-0.15, -0.1) is 0 Å². The van der Waals surface area contributed by atoms with E-state index in [0.717, 1.165) is 17.9 Å². The molecule has 17 heavy (non-hydrogen) atoms. The van der Waals surface area contributed by atoms with Crippen molar-refractivity contribution in [3.8, 4) is 0 Å². The van der Waals surface area contributed by atoms with Crippen molar-refractivity contribution in [2.45, 2.75) is 33.2 Å². The fourth-order valence-corrected chi connectivity index (χ4v) is 3.26. The average molecular weight is 239 g/mol. The second-order valence-electron chi connectivity index (χ2n) is 6.27. The minimum absolute atomic E-state index is 0.782. The van der Waals surface area contributed by atoms with Crippen molar-refractivity contribution >= 4 is 0 Å². The normalized spacial score (nSPS) is 33.2. The van der Waals surface area contributed by atoms with E-state index in [4.69, 9.17) is 0 Å². The predicted molar refractivity (Wildman–Crippen MR) is 73.3 cm³/mol. The van der Waals surface area contributed by atoms with E-state index < -0.39 is 0 Å². The van der Waals surface area contributed by atoms with Crippen molar-refractivity contribution < 1.29 is 0 Å². The van der Waals surface area contributed by atoms with Crippen LogP contribution in [0.25, 0.3) is 0 Å². The Morgan fingerprint density at radius 2 is 1.88 bits per heavy atom. The molecule has 2 saturated heterocycles. The third kappa shape index (κ3) is 3.67. The van der Waals surface area contributed by atoms with Gasteiger partial charge in [-0.2, -0.15) is 0 Å². The summed E-state index contributed by atoms with van der Waals surface area (Å²) < 4.78 is 0. The van der Waals surface area contributed by atoms with Gasteiger partial charge in [-0.3, -0.25) is 4.90 Å². The highest BCUT2D eigenvalue weighted by atomic mass is 15.3. The Hall–Kier alpha value is -0.120. The predicted octanol–water partition coefficient (Wildman–Crippen LogP) is 1.26. The molecule has 2 atom stereocenters. The quantitative estimate of drug-likeness (QED) is 0.800. The molecule has 2 unspecified atom stereocenters. The lowest BCUT2D eigenvalue weighted by molar-refractivity contribution is 0.0568. The highest BCUT2D eigenvalue weighted by Crippen LogP contribution is 2.19. The highest BCUT2D eigenvalue weighted by molar-refractivity contribution is 4.86. The molecule has 1 N–H and O–H groups in total. The Labute approximate surface area is 107 Å². The molecular formula is C14H29N3. The summed E-state index contributed by atoms with van der Waals surface area (Å²) in [6, 6.07) is 0.782. The molecule has 0 aliphatic carbocycles. The lowest BCUT2D eigenvalue weighted by Crippen LogP contribution is -2.57. The molecule has 100 valence electrons. The fraction of sp³-hybridized carbons (Fsp3) is 1.00. The first-order chi connectivity index (χ1) is 8.16. The summed E-state index contributed by atoms with van der Waals surface area (Å²) in [4.78, 5) is 5.34. The summed E-state index contributed by atoms with van der Waals surface area (Å²) in [5, 5.41) is 3.55. The van der Waals surface area contributed by atoms with Crippen LogP contribution in [0.15, 0.2) is 0 Å². The van der Waals surface area contributed by atoms with E-state index in [9.17, 15) is 0 Å². The van der Waals surface area contributed by atoms with Gasteiger partial charge in [0.15, 0.2) is 0 Å². The SMILES string of the molecule is CC(C)CN1CCN(C2CNCCC2C)CC1. The zero-order valence-corrected chi connectivity index (χ0v) is 11.8. The lowest BCUT2D eigenvalue weighted by atomic mass is 9.93. The lowest BCUT2D eigenvalue weighted by Gasteiger charge is -2.43. The summed E-state index contributed by atoms with van der Waals surface area (Å²) in [6.07, 6.45) is 1.34. The van der Waals surface area contributed by atoms with Crippen LogP contribution in [-0.4, -0.2) is 61.7 Å². The maximum atomic E-state index is 3.55. The van der Waals surface area contributed by atoms with Gasteiger partial charge in [-0.05, 0) is 24.8 Å². The van der Waals surface area contributed by atoms with Crippen molar-refractivity contribution in [1.29, 1.82) is 0 Å². The molecule has 0 aromatic carbocycles. The van der Waals surface area contributed by atoms with Gasteiger partial charge >= 0.3 is 0 Å². The van der Waals surface area contributed by atoms with Gasteiger partial charge in [0.1, 0.15) is 0 Å². The summed E-state index contributed by atoms with van der Waals surface area (Å²) >= 11 is 0. The Morgan fingerprint density at radius 3 is 2.47 bits per heavy atom. The molecule has 3 nitrogen and oxygen atoms in total. The summed E-state index contributed by atoms with van der Waals surface area (Å²) in [5.74, 6) is 1.67. The van der Waals surface area contributed by atoms with E-state index in [1.807, 2.05) is 0 Å². The van der Waals surface area contributed by atoms with Gasteiger partial charge in [-0.25, -0.2) is 0 Å². The first-order valence-corrected chi connectivity index (χ1v) is 7.34. The van der Waals surface area contributed by atoms with E-state index in [2.05, 4.69) is 35.9 Å². The minimum Gasteiger partial charge on any atom is -0.315 e. The summed E-state index contributed by atoms with van der Waals surface area (Å²) in [7, 11) is 0. The molecule has 0 radical (unpaired) electrons. The van der Waals surface area contributed by atoms with Gasteiger partial charge in [0, 0.05) is 45.3 Å². The zero-order chi connectivity index (χ0) is 12.3. The Balaban J connectivity index is 1.78. The van der Waals surface area contributed by atoms with Crippen molar-refractivity contribution in [2.24, 2.45) is 11.8 Å². The van der Waals surface area contributed by atoms with E-state index >= 15 is 0 Å². The maximum Gasteiger partial charge on any atom is 0.0247 e. The van der Waals surface area contributed by atoms with Crippen LogP contribution in [0.1, 0.15) is 27.2 Å². The number of nitrogens with zero attached hydrogens (tertiary/aromatic N) is 2. The molecule has 0 amide bonds. The molecule has 2 heterocycles. The van der Waals surface area contributed by atoms with E-state index in [1.165, 1.54) is 52.2 Å². The topological polar surface area (TPSA) is 18.5 Å². The maximum absolute atomic E-state index is 3.55. The molecule has 2 fully saturated rings. The fourth-order valence-electron chi connectivity index (χ4n) is 3.26. The van der Waals surface area contributed by atoms with Crippen molar-refractivity contribution in [3.05, 3.63) is 0 Å². The van der Waals surface area contributed by atoms with E-state index in [0.29, 0.717) is 0 Å². The number of hydrogen-bond acceptors (Lipinski definition) is 3. The van der Waals surface area contributed by atoms with E-state index in [1.54, 1.807) is 0 Å². The van der Waals surface area contributed by atoms with Crippen LogP contribution in [-0.2, 0) is 0 Å². The van der Waals surface area contributed by atoms with E-state index in [-0.39, 0.29) is 0 Å². The molecule has 3 heteroatoms. The smallest absolute Gasteiger partial charge is 0.0247 e. The molecule has 2 rings (SSSR count). The van der Waals surface area contributed by atoms with Crippen LogP contribution >= 0.6 is 0 Å². The molecule has 2 aliphatic heterocycles. The van der Waals surface area contributed by atoms with Crippen molar-refractivity contribution in [1.82, 2.24) is 15.1 Å². The number of hydrogen-bond donors (Lipinski definition) is 1. The minimum atomic E-state index is 0.782. The number of piperidine rings is 1. The van der Waals surface area contributed by atoms with Crippen LogP contribution in [0.2, 0.25) is 0 Å². The number of nitrogens with one attached hydrogen (secondary N) is 1. The highest BCUT2D eigenvalue weighted by Gasteiger charge is 2.29. The first-order valence-electron chi connectivity index (χ1n) is 7.34. The van der Waals surface area contributed by atoms with Gasteiger partial charge in [0.2, 0.25) is 0 Å². The second-order valence-corrected chi connectivity index (χ2v) is 6.27. The zero-order valence-electron chi connectivity index (χ0n) is 11.8. The summed E-state index contributed by atoms with van der Waals surface area (Å²) in [6.45, 7) is 15.8.